The molecule has 10 nitrogen and oxygen atoms in total. The lowest BCUT2D eigenvalue weighted by Gasteiger charge is -2.23. The molecule has 2 amide bonds. The van der Waals surface area contributed by atoms with Crippen LogP contribution in [-0.2, 0) is 32.7 Å². The predicted octanol–water partition coefficient (Wildman–Crippen LogP) is 2.62. The Bertz CT molecular complexity index is 1360. The largest absolute Gasteiger partial charge is 0.406 e. The smallest absolute Gasteiger partial charge is 0.339 e. The van der Waals surface area contributed by atoms with Crippen molar-refractivity contribution in [2.45, 2.75) is 26.2 Å². The zero-order chi connectivity index (χ0) is 26.5. The van der Waals surface area contributed by atoms with Crippen LogP contribution in [0.3, 0.4) is 0 Å². The van der Waals surface area contributed by atoms with Crippen molar-refractivity contribution in [3.8, 4) is 11.4 Å². The fourth-order valence-corrected chi connectivity index (χ4v) is 3.59. The van der Waals surface area contributed by atoms with E-state index in [1.807, 2.05) is 0 Å². The summed E-state index contributed by atoms with van der Waals surface area (Å²) >= 11 is 0. The quantitative estimate of drug-likeness (QED) is 0.432. The predicted molar refractivity (Wildman–Crippen MR) is 123 cm³/mol. The highest BCUT2D eigenvalue weighted by Gasteiger charge is 2.35. The first-order valence-corrected chi connectivity index (χ1v) is 12.3. The third-order valence-corrected chi connectivity index (χ3v) is 5.33. The number of nitrogens with zero attached hydrogens (tertiary/aromatic N) is 3. The number of carbonyl (C=O) groups is 2. The second kappa shape index (κ2) is 10.9. The number of nitrogens with one attached hydrogen (secondary N) is 2. The topological polar surface area (TPSA) is 134 Å². The Morgan fingerprint density at radius 3 is 2.42 bits per heavy atom. The van der Waals surface area contributed by atoms with Gasteiger partial charge in [-0.1, -0.05) is 35.5 Å². The van der Waals surface area contributed by atoms with Crippen molar-refractivity contribution in [2.75, 3.05) is 18.1 Å². The van der Waals surface area contributed by atoms with Gasteiger partial charge in [0.2, 0.25) is 21.7 Å². The SMILES string of the molecule is Cc1nc(-c2cccc(CN(CC(F)(F)F)C(=O)C(=O)Nc3cccc(CNS(C)(=O)=O)c3)c2)no1. The molecule has 0 saturated carbocycles. The van der Waals surface area contributed by atoms with Gasteiger partial charge in [-0.05, 0) is 29.3 Å². The number of alkyl halides is 3. The summed E-state index contributed by atoms with van der Waals surface area (Å²) in [4.78, 5) is 29.7. The van der Waals surface area contributed by atoms with Gasteiger partial charge in [0.05, 0.1) is 6.26 Å². The third kappa shape index (κ3) is 8.16. The number of sulfonamides is 1. The number of benzene rings is 2. The van der Waals surface area contributed by atoms with E-state index in [0.717, 1.165) is 6.26 Å². The molecule has 1 heterocycles. The number of hydrogen-bond donors (Lipinski definition) is 2. The summed E-state index contributed by atoms with van der Waals surface area (Å²) in [6.45, 7) is -0.647. The number of anilines is 1. The molecule has 2 aromatic carbocycles. The van der Waals surface area contributed by atoms with Crippen molar-refractivity contribution in [3.05, 3.63) is 65.5 Å². The Morgan fingerprint density at radius 2 is 1.78 bits per heavy atom. The standard InChI is InChI=1S/C22H22F3N5O5S/c1-14-27-19(29-35-14)17-7-3-6-16(9-17)12-30(13-22(23,24)25)21(32)20(31)28-18-8-4-5-15(10-18)11-26-36(2,33)34/h3-10,26H,11-13H2,1-2H3,(H,28,31). The van der Waals surface area contributed by atoms with E-state index in [0.29, 0.717) is 27.5 Å². The average Bonchev–Trinajstić information content (AvgIpc) is 3.22. The zero-order valence-electron chi connectivity index (χ0n) is 19.2. The lowest BCUT2D eigenvalue weighted by Crippen LogP contribution is -2.44. The summed E-state index contributed by atoms with van der Waals surface area (Å²) in [6, 6.07) is 12.1. The summed E-state index contributed by atoms with van der Waals surface area (Å²) < 4.78 is 69.4. The first-order chi connectivity index (χ1) is 16.8. The molecule has 0 radical (unpaired) electrons. The molecule has 36 heavy (non-hydrogen) atoms. The number of hydrogen-bond acceptors (Lipinski definition) is 7. The summed E-state index contributed by atoms with van der Waals surface area (Å²) in [5.74, 6) is -2.15. The number of rotatable bonds is 8. The van der Waals surface area contributed by atoms with Crippen molar-refractivity contribution in [3.63, 3.8) is 0 Å². The third-order valence-electron chi connectivity index (χ3n) is 4.66. The maximum absolute atomic E-state index is 13.2. The number of aromatic nitrogens is 2. The van der Waals surface area contributed by atoms with E-state index in [9.17, 15) is 31.2 Å². The normalized spacial score (nSPS) is 11.8. The van der Waals surface area contributed by atoms with E-state index in [4.69, 9.17) is 4.52 Å². The molecule has 0 fully saturated rings. The summed E-state index contributed by atoms with van der Waals surface area (Å²) in [7, 11) is -3.47. The van der Waals surface area contributed by atoms with Gasteiger partial charge in [0, 0.05) is 31.3 Å². The molecule has 14 heteroatoms. The van der Waals surface area contributed by atoms with Crippen molar-refractivity contribution in [1.29, 1.82) is 0 Å². The maximum atomic E-state index is 13.2. The van der Waals surface area contributed by atoms with Gasteiger partial charge in [0.15, 0.2) is 0 Å². The average molecular weight is 526 g/mol. The van der Waals surface area contributed by atoms with Crippen molar-refractivity contribution in [1.82, 2.24) is 19.8 Å². The van der Waals surface area contributed by atoms with E-state index in [1.165, 1.54) is 30.3 Å². The van der Waals surface area contributed by atoms with Crippen LogP contribution in [0.5, 0.6) is 0 Å². The van der Waals surface area contributed by atoms with Crippen molar-refractivity contribution < 1.29 is 35.7 Å². The number of carbonyl (C=O) groups excluding carboxylic acids is 2. The van der Waals surface area contributed by atoms with E-state index in [1.54, 1.807) is 25.1 Å². The van der Waals surface area contributed by atoms with Crippen LogP contribution in [0.4, 0.5) is 18.9 Å². The fraction of sp³-hybridized carbons (Fsp3) is 0.273. The number of amides is 2. The number of aryl methyl sites for hydroxylation is 1. The molecule has 192 valence electrons. The van der Waals surface area contributed by atoms with Crippen molar-refractivity contribution in [2.24, 2.45) is 0 Å². The van der Waals surface area contributed by atoms with E-state index < -0.39 is 41.1 Å². The van der Waals surface area contributed by atoms with Gasteiger partial charge in [-0.25, -0.2) is 13.1 Å². The molecule has 2 N–H and O–H groups in total. The molecule has 0 spiro atoms. The Labute approximate surface area is 204 Å². The van der Waals surface area contributed by atoms with Crippen LogP contribution in [0.15, 0.2) is 53.1 Å². The van der Waals surface area contributed by atoms with Gasteiger partial charge < -0.3 is 14.7 Å². The van der Waals surface area contributed by atoms with E-state index >= 15 is 0 Å². The molecule has 0 aliphatic carbocycles. The molecular weight excluding hydrogens is 503 g/mol. The van der Waals surface area contributed by atoms with Gasteiger partial charge >= 0.3 is 18.0 Å². The molecule has 0 saturated heterocycles. The van der Waals surface area contributed by atoms with Gasteiger partial charge in [-0.15, -0.1) is 0 Å². The zero-order valence-corrected chi connectivity index (χ0v) is 20.0. The Hall–Kier alpha value is -3.78. The van der Waals surface area contributed by atoms with Crippen LogP contribution in [-0.4, -0.2) is 54.2 Å². The van der Waals surface area contributed by atoms with Crippen LogP contribution in [0.25, 0.3) is 11.4 Å². The second-order valence-corrected chi connectivity index (χ2v) is 9.69. The van der Waals surface area contributed by atoms with Gasteiger partial charge in [-0.2, -0.15) is 18.2 Å². The molecule has 0 bridgehead atoms. The summed E-state index contributed by atoms with van der Waals surface area (Å²) in [5.41, 5.74) is 1.36. The molecular formula is C22H22F3N5O5S. The van der Waals surface area contributed by atoms with Gasteiger partial charge in [0.1, 0.15) is 6.54 Å². The van der Waals surface area contributed by atoms with Gasteiger partial charge in [0.25, 0.3) is 0 Å². The lowest BCUT2D eigenvalue weighted by molar-refractivity contribution is -0.164. The molecule has 0 unspecified atom stereocenters. The van der Waals surface area contributed by atoms with Crippen LogP contribution < -0.4 is 10.0 Å². The minimum Gasteiger partial charge on any atom is -0.339 e. The minimum absolute atomic E-state index is 0.0765. The van der Waals surface area contributed by atoms with Crippen LogP contribution in [0, 0.1) is 6.92 Å². The summed E-state index contributed by atoms with van der Waals surface area (Å²) in [5, 5.41) is 6.03. The van der Waals surface area contributed by atoms with Gasteiger partial charge in [-0.3, -0.25) is 9.59 Å². The monoisotopic (exact) mass is 525 g/mol. The second-order valence-electron chi connectivity index (χ2n) is 7.86. The Kier molecular flexibility index (Phi) is 8.10. The molecule has 1 aromatic heterocycles. The number of halogens is 3. The highest BCUT2D eigenvalue weighted by atomic mass is 32.2. The van der Waals surface area contributed by atoms with Crippen molar-refractivity contribution >= 4 is 27.5 Å². The summed E-state index contributed by atoms with van der Waals surface area (Å²) in [6.07, 6.45) is -3.78. The fourth-order valence-electron chi connectivity index (χ4n) is 3.16. The molecule has 3 rings (SSSR count). The molecule has 0 aliphatic heterocycles. The highest BCUT2D eigenvalue weighted by Crippen LogP contribution is 2.22. The van der Waals surface area contributed by atoms with Crippen LogP contribution >= 0.6 is 0 Å². The van der Waals surface area contributed by atoms with E-state index in [-0.39, 0.29) is 18.1 Å². The van der Waals surface area contributed by atoms with Crippen LogP contribution in [0.1, 0.15) is 17.0 Å². The molecule has 0 aliphatic rings. The first kappa shape index (κ1) is 26.8. The maximum Gasteiger partial charge on any atom is 0.406 e. The highest BCUT2D eigenvalue weighted by molar-refractivity contribution is 7.88. The molecule has 0 atom stereocenters. The minimum atomic E-state index is -4.75. The van der Waals surface area contributed by atoms with E-state index in [2.05, 4.69) is 20.2 Å². The lowest BCUT2D eigenvalue weighted by atomic mass is 10.1. The Balaban J connectivity index is 1.76. The van der Waals surface area contributed by atoms with Crippen LogP contribution in [0.2, 0.25) is 0 Å². The first-order valence-electron chi connectivity index (χ1n) is 10.4. The Morgan fingerprint density at radius 1 is 1.08 bits per heavy atom. The molecule has 3 aromatic rings.